The fourth-order valence-electron chi connectivity index (χ4n) is 3.45. The first kappa shape index (κ1) is 19.7. The van der Waals surface area contributed by atoms with Crippen LogP contribution in [0.4, 0.5) is 0 Å². The second-order valence-corrected chi connectivity index (χ2v) is 8.14. The molecule has 1 fully saturated rings. The number of hydrogen-bond donors (Lipinski definition) is 1. The van der Waals surface area contributed by atoms with Crippen LogP contribution in [0, 0.1) is 5.92 Å². The van der Waals surface area contributed by atoms with E-state index in [2.05, 4.69) is 34.7 Å². The van der Waals surface area contributed by atoms with Crippen molar-refractivity contribution in [2.45, 2.75) is 56.8 Å². The van der Waals surface area contributed by atoms with Gasteiger partial charge >= 0.3 is 0 Å². The van der Waals surface area contributed by atoms with Crippen LogP contribution in [0.5, 0.6) is 5.75 Å². The van der Waals surface area contributed by atoms with Gasteiger partial charge in [0, 0.05) is 0 Å². The maximum Gasteiger partial charge on any atom is 0.230 e. The first-order valence-electron chi connectivity index (χ1n) is 9.42. The van der Waals surface area contributed by atoms with Crippen molar-refractivity contribution in [3.8, 4) is 5.75 Å². The normalized spacial score (nSPS) is 15.9. The highest BCUT2D eigenvalue weighted by Crippen LogP contribution is 2.31. The minimum absolute atomic E-state index is 0.0181. The number of nitrogens with zero attached hydrogens (tertiary/aromatic N) is 4. The zero-order valence-electron chi connectivity index (χ0n) is 16.1. The fourth-order valence-corrected chi connectivity index (χ4v) is 4.21. The molecule has 7 nitrogen and oxygen atoms in total. The summed E-state index contributed by atoms with van der Waals surface area (Å²) in [7, 11) is 1.65. The van der Waals surface area contributed by atoms with E-state index >= 15 is 0 Å². The molecule has 0 bridgehead atoms. The molecule has 2 aromatic rings. The molecule has 1 aliphatic rings. The predicted molar refractivity (Wildman–Crippen MR) is 105 cm³/mol. The number of amides is 1. The molecule has 27 heavy (non-hydrogen) atoms. The molecule has 1 N–H and O–H groups in total. The minimum atomic E-state index is -0.0465. The highest BCUT2D eigenvalue weighted by Gasteiger charge is 2.23. The molecule has 1 heterocycles. The maximum atomic E-state index is 12.5. The number of ether oxygens (including phenoxy) is 1. The van der Waals surface area contributed by atoms with E-state index in [1.54, 1.807) is 7.11 Å². The van der Waals surface area contributed by atoms with Gasteiger partial charge in [0.15, 0.2) is 0 Å². The molecular formula is C19H27N5O2S. The van der Waals surface area contributed by atoms with E-state index in [1.807, 2.05) is 28.9 Å². The topological polar surface area (TPSA) is 81.9 Å². The number of benzene rings is 1. The van der Waals surface area contributed by atoms with Crippen molar-refractivity contribution >= 4 is 17.7 Å². The first-order valence-corrected chi connectivity index (χ1v) is 10.4. The number of carbonyl (C=O) groups is 1. The Labute approximate surface area is 164 Å². The van der Waals surface area contributed by atoms with Crippen molar-refractivity contribution in [3.63, 3.8) is 0 Å². The van der Waals surface area contributed by atoms with Gasteiger partial charge in [0.25, 0.3) is 0 Å². The summed E-state index contributed by atoms with van der Waals surface area (Å²) in [6.07, 6.45) is 4.65. The summed E-state index contributed by atoms with van der Waals surface area (Å²) < 4.78 is 7.10. The van der Waals surface area contributed by atoms with Crippen LogP contribution < -0.4 is 10.1 Å². The summed E-state index contributed by atoms with van der Waals surface area (Å²) in [4.78, 5) is 12.5. The Morgan fingerprint density at radius 1 is 1.30 bits per heavy atom. The van der Waals surface area contributed by atoms with E-state index in [9.17, 15) is 4.79 Å². The van der Waals surface area contributed by atoms with Crippen molar-refractivity contribution in [2.24, 2.45) is 5.92 Å². The van der Waals surface area contributed by atoms with E-state index in [-0.39, 0.29) is 17.9 Å². The molecule has 3 rings (SSSR count). The lowest BCUT2D eigenvalue weighted by molar-refractivity contribution is -0.119. The van der Waals surface area contributed by atoms with Gasteiger partial charge in [-0.2, -0.15) is 0 Å². The lowest BCUT2D eigenvalue weighted by atomic mass is 9.96. The van der Waals surface area contributed by atoms with Gasteiger partial charge in [0.1, 0.15) is 5.75 Å². The second kappa shape index (κ2) is 9.21. The largest absolute Gasteiger partial charge is 0.497 e. The van der Waals surface area contributed by atoms with Gasteiger partial charge in [-0.1, -0.05) is 50.6 Å². The molecule has 8 heteroatoms. The molecule has 1 aromatic carbocycles. The van der Waals surface area contributed by atoms with Gasteiger partial charge in [-0.05, 0) is 46.9 Å². The van der Waals surface area contributed by atoms with Gasteiger partial charge < -0.3 is 10.1 Å². The van der Waals surface area contributed by atoms with Crippen LogP contribution in [0.15, 0.2) is 29.4 Å². The standard InChI is InChI=1S/C19H27N5O2S/c1-13(2)18(14-8-10-16(26-3)11-9-14)20-17(25)12-27-19-21-22-23-24(19)15-6-4-5-7-15/h8-11,13,15,18H,4-7,12H2,1-3H3,(H,20,25)/t18-/m0/s1. The second-order valence-electron chi connectivity index (χ2n) is 7.20. The number of rotatable bonds is 8. The van der Waals surface area contributed by atoms with Gasteiger partial charge in [-0.25, -0.2) is 4.68 Å². The average Bonchev–Trinajstić information content (AvgIpc) is 3.35. The van der Waals surface area contributed by atoms with Crippen LogP contribution >= 0.6 is 11.8 Å². The Kier molecular flexibility index (Phi) is 6.71. The van der Waals surface area contributed by atoms with Crippen LogP contribution in [-0.2, 0) is 4.79 Å². The summed E-state index contributed by atoms with van der Waals surface area (Å²) in [6.45, 7) is 4.20. The zero-order chi connectivity index (χ0) is 19.2. The molecule has 0 unspecified atom stereocenters. The third-order valence-electron chi connectivity index (χ3n) is 4.92. The summed E-state index contributed by atoms with van der Waals surface area (Å²) in [5.74, 6) is 1.36. The number of aromatic nitrogens is 4. The molecule has 1 amide bonds. The number of nitrogens with one attached hydrogen (secondary N) is 1. The van der Waals surface area contributed by atoms with E-state index < -0.39 is 0 Å². The predicted octanol–water partition coefficient (Wildman–Crippen LogP) is 3.40. The van der Waals surface area contributed by atoms with Crippen molar-refractivity contribution in [1.29, 1.82) is 0 Å². The first-order chi connectivity index (χ1) is 13.1. The summed E-state index contributed by atoms with van der Waals surface area (Å²) in [5.41, 5.74) is 1.07. The van der Waals surface area contributed by atoms with Crippen molar-refractivity contribution in [1.82, 2.24) is 25.5 Å². The van der Waals surface area contributed by atoms with Crippen LogP contribution in [0.3, 0.4) is 0 Å². The maximum absolute atomic E-state index is 12.5. The monoisotopic (exact) mass is 389 g/mol. The number of methoxy groups -OCH3 is 1. The Morgan fingerprint density at radius 3 is 2.63 bits per heavy atom. The Hall–Kier alpha value is -2.09. The SMILES string of the molecule is COc1ccc([C@@H](NC(=O)CSc2nnnn2C2CCCC2)C(C)C)cc1. The van der Waals surface area contributed by atoms with Crippen LogP contribution in [0.25, 0.3) is 0 Å². The van der Waals surface area contributed by atoms with Gasteiger partial charge in [0.2, 0.25) is 11.1 Å². The number of tetrazole rings is 1. The minimum Gasteiger partial charge on any atom is -0.497 e. The smallest absolute Gasteiger partial charge is 0.230 e. The summed E-state index contributed by atoms with van der Waals surface area (Å²) in [6, 6.07) is 8.15. The molecule has 1 aromatic heterocycles. The van der Waals surface area contributed by atoms with E-state index in [0.717, 1.165) is 29.3 Å². The molecule has 1 atom stereocenters. The highest BCUT2D eigenvalue weighted by atomic mass is 32.2. The Balaban J connectivity index is 1.59. The van der Waals surface area contributed by atoms with E-state index in [4.69, 9.17) is 4.74 Å². The third-order valence-corrected chi connectivity index (χ3v) is 5.86. The van der Waals surface area contributed by atoms with Crippen LogP contribution in [0.1, 0.15) is 57.2 Å². The Morgan fingerprint density at radius 2 is 2.00 bits per heavy atom. The number of hydrogen-bond acceptors (Lipinski definition) is 6. The van der Waals surface area contributed by atoms with Crippen LogP contribution in [-0.4, -0.2) is 39.0 Å². The van der Waals surface area contributed by atoms with Gasteiger partial charge in [-0.15, -0.1) is 5.10 Å². The summed E-state index contributed by atoms with van der Waals surface area (Å²) >= 11 is 1.40. The van der Waals surface area contributed by atoms with Gasteiger partial charge in [0.05, 0.1) is 24.9 Å². The zero-order valence-corrected chi connectivity index (χ0v) is 16.9. The molecule has 1 saturated carbocycles. The van der Waals surface area contributed by atoms with Crippen molar-refractivity contribution in [2.75, 3.05) is 12.9 Å². The molecule has 0 saturated heterocycles. The van der Waals surface area contributed by atoms with Crippen molar-refractivity contribution < 1.29 is 9.53 Å². The fraction of sp³-hybridized carbons (Fsp3) is 0.579. The highest BCUT2D eigenvalue weighted by molar-refractivity contribution is 7.99. The van der Waals surface area contributed by atoms with E-state index in [1.165, 1.54) is 24.6 Å². The van der Waals surface area contributed by atoms with Crippen molar-refractivity contribution in [3.05, 3.63) is 29.8 Å². The number of thioether (sulfide) groups is 1. The van der Waals surface area contributed by atoms with E-state index in [0.29, 0.717) is 11.8 Å². The molecule has 0 spiro atoms. The molecule has 0 aliphatic heterocycles. The quantitative estimate of drug-likeness (QED) is 0.697. The molecule has 0 radical (unpaired) electrons. The van der Waals surface area contributed by atoms with Crippen LogP contribution in [0.2, 0.25) is 0 Å². The molecule has 146 valence electrons. The lowest BCUT2D eigenvalue weighted by Gasteiger charge is -2.23. The number of carbonyl (C=O) groups excluding carboxylic acids is 1. The summed E-state index contributed by atoms with van der Waals surface area (Å²) in [5, 5.41) is 15.9. The Bertz CT molecular complexity index is 741. The molecule has 1 aliphatic carbocycles. The van der Waals surface area contributed by atoms with Gasteiger partial charge in [-0.3, -0.25) is 4.79 Å². The molecular weight excluding hydrogens is 362 g/mol. The lowest BCUT2D eigenvalue weighted by Crippen LogP contribution is -2.33. The average molecular weight is 390 g/mol. The third kappa shape index (κ3) is 5.00.